The summed E-state index contributed by atoms with van der Waals surface area (Å²) >= 11 is 0. The molecule has 0 aromatic heterocycles. The van der Waals surface area contributed by atoms with Gasteiger partial charge in [-0.2, -0.15) is 0 Å². The molecule has 0 aromatic carbocycles. The SMILES string of the molecule is C=C1C[C@]23C[C@]24CC[C@]2(C)[C@@H]([C@H](C)CCCC(C)C)CC[C@@]2(C)[C@@H]4CC[C@H]3C(C)(C)[C@H]1O. The molecule has 0 radical (unpaired) electrons. The predicted octanol–water partition coefficient (Wildman–Crippen LogP) is 8.41. The Kier molecular flexibility index (Phi) is 5.21. The van der Waals surface area contributed by atoms with Crippen LogP contribution in [-0.4, -0.2) is 11.2 Å². The molecule has 9 atom stereocenters. The molecule has 5 saturated carbocycles. The van der Waals surface area contributed by atoms with E-state index in [2.05, 4.69) is 55.0 Å². The van der Waals surface area contributed by atoms with E-state index in [0.717, 1.165) is 35.7 Å². The smallest absolute Gasteiger partial charge is 0.0801 e. The normalized spacial score (nSPS) is 52.1. The second-order valence-corrected chi connectivity index (χ2v) is 15.0. The zero-order chi connectivity index (χ0) is 23.3. The molecule has 1 N–H and O–H groups in total. The molecule has 5 aliphatic carbocycles. The van der Waals surface area contributed by atoms with E-state index >= 15 is 0 Å². The van der Waals surface area contributed by atoms with Crippen LogP contribution in [0.25, 0.3) is 0 Å². The molecule has 0 saturated heterocycles. The monoisotopic (exact) mass is 440 g/mol. The number of aliphatic hydroxyl groups excluding tert-OH is 1. The second-order valence-electron chi connectivity index (χ2n) is 15.0. The molecule has 0 bridgehead atoms. The van der Waals surface area contributed by atoms with Crippen molar-refractivity contribution in [2.45, 2.75) is 125 Å². The van der Waals surface area contributed by atoms with Gasteiger partial charge >= 0.3 is 0 Å². The van der Waals surface area contributed by atoms with Gasteiger partial charge in [0.15, 0.2) is 0 Å². The lowest BCUT2D eigenvalue weighted by atomic mass is 9.41. The van der Waals surface area contributed by atoms with Crippen LogP contribution in [-0.2, 0) is 0 Å². The first-order valence-corrected chi connectivity index (χ1v) is 14.2. The maximum atomic E-state index is 11.0. The summed E-state index contributed by atoms with van der Waals surface area (Å²) in [6, 6.07) is 0. The first-order chi connectivity index (χ1) is 14.9. The maximum Gasteiger partial charge on any atom is 0.0801 e. The van der Waals surface area contributed by atoms with E-state index in [9.17, 15) is 5.11 Å². The molecule has 1 nitrogen and oxygen atoms in total. The lowest BCUT2D eigenvalue weighted by Crippen LogP contribution is -2.58. The van der Waals surface area contributed by atoms with Gasteiger partial charge in [0.2, 0.25) is 0 Å². The minimum atomic E-state index is -0.306. The molecule has 5 aliphatic rings. The minimum Gasteiger partial charge on any atom is -0.388 e. The predicted molar refractivity (Wildman–Crippen MR) is 135 cm³/mol. The summed E-state index contributed by atoms with van der Waals surface area (Å²) in [5, 5.41) is 11.0. The molecule has 0 aromatic rings. The van der Waals surface area contributed by atoms with Gasteiger partial charge in [0.05, 0.1) is 6.10 Å². The fourth-order valence-electron chi connectivity index (χ4n) is 11.4. The third-order valence-electron chi connectivity index (χ3n) is 13.2. The highest BCUT2D eigenvalue weighted by Gasteiger charge is 2.82. The molecular formula is C31H52O. The van der Waals surface area contributed by atoms with Crippen LogP contribution in [0.1, 0.15) is 119 Å². The Bertz CT molecular complexity index is 779. The third-order valence-corrected chi connectivity index (χ3v) is 13.2. The first-order valence-electron chi connectivity index (χ1n) is 14.2. The van der Waals surface area contributed by atoms with Gasteiger partial charge in [0.25, 0.3) is 0 Å². The molecule has 182 valence electrons. The first kappa shape index (κ1) is 23.4. The lowest BCUT2D eigenvalue weighted by molar-refractivity contribution is -0.150. The van der Waals surface area contributed by atoms with Crippen molar-refractivity contribution in [1.29, 1.82) is 0 Å². The summed E-state index contributed by atoms with van der Waals surface area (Å²) in [4.78, 5) is 0. The van der Waals surface area contributed by atoms with Crippen LogP contribution >= 0.6 is 0 Å². The number of aliphatic hydroxyl groups is 1. The highest BCUT2D eigenvalue weighted by atomic mass is 16.3. The average Bonchev–Trinajstić information content (AvgIpc) is 3.27. The van der Waals surface area contributed by atoms with E-state index < -0.39 is 0 Å². The molecule has 0 heterocycles. The summed E-state index contributed by atoms with van der Waals surface area (Å²) < 4.78 is 0. The molecule has 0 amide bonds. The van der Waals surface area contributed by atoms with Crippen LogP contribution in [0.2, 0.25) is 0 Å². The summed E-state index contributed by atoms with van der Waals surface area (Å²) in [6.07, 6.45) is 15.1. The Balaban J connectivity index is 1.41. The molecule has 1 heteroatoms. The molecular weight excluding hydrogens is 388 g/mol. The number of hydrogen-bond acceptors (Lipinski definition) is 1. The van der Waals surface area contributed by atoms with Crippen LogP contribution < -0.4 is 0 Å². The van der Waals surface area contributed by atoms with Crippen molar-refractivity contribution in [2.24, 2.45) is 56.7 Å². The number of fused-ring (bicyclic) bond motifs is 2. The Hall–Kier alpha value is -0.300. The van der Waals surface area contributed by atoms with Crippen molar-refractivity contribution in [3.05, 3.63) is 12.2 Å². The summed E-state index contributed by atoms with van der Waals surface area (Å²) in [5.74, 6) is 4.23. The zero-order valence-corrected chi connectivity index (χ0v) is 22.4. The maximum absolute atomic E-state index is 11.0. The number of rotatable bonds is 5. The van der Waals surface area contributed by atoms with Gasteiger partial charge in [0.1, 0.15) is 0 Å². The van der Waals surface area contributed by atoms with Gasteiger partial charge in [0, 0.05) is 0 Å². The van der Waals surface area contributed by atoms with Crippen molar-refractivity contribution >= 4 is 0 Å². The Morgan fingerprint density at radius 2 is 1.56 bits per heavy atom. The Morgan fingerprint density at radius 3 is 2.25 bits per heavy atom. The van der Waals surface area contributed by atoms with E-state index in [1.807, 2.05) is 0 Å². The fraction of sp³-hybridized carbons (Fsp3) is 0.935. The molecule has 5 rings (SSSR count). The van der Waals surface area contributed by atoms with E-state index in [1.165, 1.54) is 64.2 Å². The van der Waals surface area contributed by atoms with Crippen LogP contribution in [0, 0.1) is 56.7 Å². The molecule has 5 fully saturated rings. The van der Waals surface area contributed by atoms with Crippen molar-refractivity contribution < 1.29 is 5.11 Å². The number of hydrogen-bond donors (Lipinski definition) is 1. The summed E-state index contributed by atoms with van der Waals surface area (Å²) in [5.41, 5.74) is 3.19. The van der Waals surface area contributed by atoms with E-state index in [1.54, 1.807) is 0 Å². The van der Waals surface area contributed by atoms with Gasteiger partial charge in [-0.3, -0.25) is 0 Å². The Labute approximate surface area is 199 Å². The third kappa shape index (κ3) is 2.73. The summed E-state index contributed by atoms with van der Waals surface area (Å²) in [7, 11) is 0. The van der Waals surface area contributed by atoms with Gasteiger partial charge in [-0.25, -0.2) is 0 Å². The van der Waals surface area contributed by atoms with Gasteiger partial charge in [-0.15, -0.1) is 0 Å². The van der Waals surface area contributed by atoms with Crippen molar-refractivity contribution in [3.8, 4) is 0 Å². The van der Waals surface area contributed by atoms with Crippen molar-refractivity contribution in [2.75, 3.05) is 0 Å². The molecule has 32 heavy (non-hydrogen) atoms. The minimum absolute atomic E-state index is 0.00536. The van der Waals surface area contributed by atoms with Gasteiger partial charge in [-0.05, 0) is 114 Å². The molecule has 2 spiro atoms. The van der Waals surface area contributed by atoms with Crippen LogP contribution in [0.4, 0.5) is 0 Å². The second kappa shape index (κ2) is 7.11. The lowest BCUT2D eigenvalue weighted by Gasteiger charge is -2.63. The van der Waals surface area contributed by atoms with Crippen molar-refractivity contribution in [3.63, 3.8) is 0 Å². The molecule has 0 unspecified atom stereocenters. The topological polar surface area (TPSA) is 20.2 Å². The average molecular weight is 441 g/mol. The quantitative estimate of drug-likeness (QED) is 0.425. The van der Waals surface area contributed by atoms with E-state index in [0.29, 0.717) is 27.6 Å². The highest BCUT2D eigenvalue weighted by molar-refractivity contribution is 5.35. The van der Waals surface area contributed by atoms with Crippen molar-refractivity contribution in [1.82, 2.24) is 0 Å². The van der Waals surface area contributed by atoms with E-state index in [4.69, 9.17) is 0 Å². The van der Waals surface area contributed by atoms with Gasteiger partial charge < -0.3 is 5.11 Å². The van der Waals surface area contributed by atoms with Crippen LogP contribution in [0.5, 0.6) is 0 Å². The highest BCUT2D eigenvalue weighted by Crippen LogP contribution is 2.89. The Morgan fingerprint density at radius 1 is 0.875 bits per heavy atom. The van der Waals surface area contributed by atoms with Crippen LogP contribution in [0.3, 0.4) is 0 Å². The summed E-state index contributed by atoms with van der Waals surface area (Å²) in [6.45, 7) is 21.9. The van der Waals surface area contributed by atoms with Crippen LogP contribution in [0.15, 0.2) is 12.2 Å². The van der Waals surface area contributed by atoms with Gasteiger partial charge in [-0.1, -0.05) is 74.3 Å². The largest absolute Gasteiger partial charge is 0.388 e. The molecule has 0 aliphatic heterocycles. The standard InChI is InChI=1S/C31H52O/c1-20(2)10-9-11-21(3)23-14-15-29(8)25-13-12-24-27(5,6)26(32)22(4)18-31(24)19-30(25,31)17-16-28(23,29)7/h20-21,23-26,32H,4,9-19H2,1-3,5-8H3/t21-,23-,24+,25+,26+,28-,29+,30+,31-/m1/s1. The zero-order valence-electron chi connectivity index (χ0n) is 22.4. The fourth-order valence-corrected chi connectivity index (χ4v) is 11.4. The van der Waals surface area contributed by atoms with E-state index in [-0.39, 0.29) is 11.5 Å².